The maximum Gasteiger partial charge on any atom is 0.107 e. The molecule has 0 spiro atoms. The van der Waals surface area contributed by atoms with Crippen molar-refractivity contribution < 1.29 is 4.74 Å². The van der Waals surface area contributed by atoms with Crippen LogP contribution in [0.3, 0.4) is 0 Å². The molecule has 0 aromatic carbocycles. The van der Waals surface area contributed by atoms with Gasteiger partial charge in [-0.05, 0) is 38.6 Å². The summed E-state index contributed by atoms with van der Waals surface area (Å²) < 4.78 is 5.67. The standard InChI is InChI=1S/C15H25N3OS/c1-18(6-7-19-10-12-2-3-12)9-14-11-20-15(17-14)8-16-13-4-5-13/h11-13,16H,2-10H2,1H3. The van der Waals surface area contributed by atoms with Gasteiger partial charge >= 0.3 is 0 Å². The third-order valence-electron chi connectivity index (χ3n) is 3.82. The van der Waals surface area contributed by atoms with E-state index in [0.717, 1.165) is 44.8 Å². The van der Waals surface area contributed by atoms with Gasteiger partial charge in [-0.1, -0.05) is 0 Å². The summed E-state index contributed by atoms with van der Waals surface area (Å²) in [7, 11) is 2.14. The van der Waals surface area contributed by atoms with Crippen LogP contribution in [0.5, 0.6) is 0 Å². The van der Waals surface area contributed by atoms with Crippen LogP contribution in [-0.2, 0) is 17.8 Å². The highest BCUT2D eigenvalue weighted by Gasteiger charge is 2.21. The number of likely N-dealkylation sites (N-methyl/N-ethyl adjacent to an activating group) is 1. The van der Waals surface area contributed by atoms with Crippen LogP contribution >= 0.6 is 11.3 Å². The molecule has 2 fully saturated rings. The molecule has 1 heterocycles. The molecular weight excluding hydrogens is 270 g/mol. The Hall–Kier alpha value is -0.490. The highest BCUT2D eigenvalue weighted by atomic mass is 32.1. The molecule has 0 amide bonds. The summed E-state index contributed by atoms with van der Waals surface area (Å²) in [5.74, 6) is 0.861. The van der Waals surface area contributed by atoms with Gasteiger partial charge in [0.1, 0.15) is 5.01 Å². The topological polar surface area (TPSA) is 37.4 Å². The molecule has 20 heavy (non-hydrogen) atoms. The molecular formula is C15H25N3OS. The number of aromatic nitrogens is 1. The van der Waals surface area contributed by atoms with E-state index in [9.17, 15) is 0 Å². The third kappa shape index (κ3) is 5.13. The van der Waals surface area contributed by atoms with Crippen LogP contribution in [0.15, 0.2) is 5.38 Å². The fourth-order valence-corrected chi connectivity index (χ4v) is 2.87. The Morgan fingerprint density at radius 3 is 3.00 bits per heavy atom. The third-order valence-corrected chi connectivity index (χ3v) is 4.72. The molecule has 0 unspecified atom stereocenters. The van der Waals surface area contributed by atoms with Crippen molar-refractivity contribution in [2.45, 2.75) is 44.8 Å². The average Bonchev–Trinajstić information content (AvgIpc) is 3.34. The van der Waals surface area contributed by atoms with E-state index in [4.69, 9.17) is 4.74 Å². The van der Waals surface area contributed by atoms with Gasteiger partial charge in [0.25, 0.3) is 0 Å². The Bertz CT molecular complexity index is 415. The van der Waals surface area contributed by atoms with Gasteiger partial charge in [-0.25, -0.2) is 4.98 Å². The second-order valence-electron chi connectivity index (χ2n) is 6.14. The van der Waals surface area contributed by atoms with E-state index < -0.39 is 0 Å². The summed E-state index contributed by atoms with van der Waals surface area (Å²) in [6, 6.07) is 0.758. The molecule has 0 bridgehead atoms. The number of rotatable bonds is 10. The predicted octanol–water partition coefficient (Wildman–Crippen LogP) is 2.25. The van der Waals surface area contributed by atoms with Crippen molar-refractivity contribution in [3.63, 3.8) is 0 Å². The number of ether oxygens (including phenoxy) is 1. The van der Waals surface area contributed by atoms with Crippen LogP contribution in [0.2, 0.25) is 0 Å². The van der Waals surface area contributed by atoms with Crippen LogP contribution < -0.4 is 5.32 Å². The molecule has 1 aromatic rings. The Kier molecular flexibility index (Phi) is 5.04. The number of thiazole rings is 1. The molecule has 0 saturated heterocycles. The molecule has 2 aliphatic rings. The van der Waals surface area contributed by atoms with Gasteiger partial charge in [0.2, 0.25) is 0 Å². The zero-order valence-corrected chi connectivity index (χ0v) is 13.1. The maximum atomic E-state index is 5.67. The van der Waals surface area contributed by atoms with Crippen LogP contribution in [-0.4, -0.2) is 42.7 Å². The zero-order chi connectivity index (χ0) is 13.8. The van der Waals surface area contributed by atoms with Crippen molar-refractivity contribution in [2.75, 3.05) is 26.8 Å². The zero-order valence-electron chi connectivity index (χ0n) is 12.3. The number of hydrogen-bond donors (Lipinski definition) is 1. The maximum absolute atomic E-state index is 5.67. The highest BCUT2D eigenvalue weighted by Crippen LogP contribution is 2.28. The summed E-state index contributed by atoms with van der Waals surface area (Å²) >= 11 is 1.77. The first kappa shape index (κ1) is 14.4. The van der Waals surface area contributed by atoms with Crippen molar-refractivity contribution >= 4 is 11.3 Å². The van der Waals surface area contributed by atoms with Crippen LogP contribution in [0, 0.1) is 5.92 Å². The lowest BCUT2D eigenvalue weighted by atomic mass is 10.4. The van der Waals surface area contributed by atoms with Gasteiger partial charge in [0.15, 0.2) is 0 Å². The molecule has 4 nitrogen and oxygen atoms in total. The Labute approximate surface area is 125 Å². The lowest BCUT2D eigenvalue weighted by Crippen LogP contribution is -2.23. The Balaban J connectivity index is 1.30. The van der Waals surface area contributed by atoms with E-state index in [-0.39, 0.29) is 0 Å². The summed E-state index contributed by atoms with van der Waals surface area (Å²) in [6.07, 6.45) is 5.41. The molecule has 5 heteroatoms. The average molecular weight is 295 g/mol. The van der Waals surface area contributed by atoms with Crippen molar-refractivity contribution in [1.82, 2.24) is 15.2 Å². The molecule has 0 radical (unpaired) electrons. The van der Waals surface area contributed by atoms with E-state index in [2.05, 4.69) is 27.6 Å². The fourth-order valence-electron chi connectivity index (χ4n) is 2.13. The van der Waals surface area contributed by atoms with Gasteiger partial charge < -0.3 is 10.1 Å². The minimum atomic E-state index is 0.758. The fraction of sp³-hybridized carbons (Fsp3) is 0.800. The highest BCUT2D eigenvalue weighted by molar-refractivity contribution is 7.09. The van der Waals surface area contributed by atoms with E-state index in [1.54, 1.807) is 11.3 Å². The molecule has 2 aliphatic carbocycles. The molecule has 0 atom stereocenters. The molecule has 3 rings (SSSR count). The second kappa shape index (κ2) is 6.98. The first-order valence-electron chi connectivity index (χ1n) is 7.72. The van der Waals surface area contributed by atoms with E-state index in [1.807, 2.05) is 0 Å². The Morgan fingerprint density at radius 1 is 1.40 bits per heavy atom. The van der Waals surface area contributed by atoms with Gasteiger partial charge in [0, 0.05) is 37.7 Å². The molecule has 1 aromatic heterocycles. The second-order valence-corrected chi connectivity index (χ2v) is 7.09. The van der Waals surface area contributed by atoms with Crippen LogP contribution in [0.25, 0.3) is 0 Å². The Morgan fingerprint density at radius 2 is 2.25 bits per heavy atom. The minimum Gasteiger partial charge on any atom is -0.380 e. The predicted molar refractivity (Wildman–Crippen MR) is 81.9 cm³/mol. The molecule has 0 aliphatic heterocycles. The first-order valence-corrected chi connectivity index (χ1v) is 8.60. The van der Waals surface area contributed by atoms with Gasteiger partial charge in [0.05, 0.1) is 12.3 Å². The minimum absolute atomic E-state index is 0.758. The van der Waals surface area contributed by atoms with E-state index in [0.29, 0.717) is 0 Å². The first-order chi connectivity index (χ1) is 9.79. The van der Waals surface area contributed by atoms with Gasteiger partial charge in [-0.2, -0.15) is 0 Å². The lowest BCUT2D eigenvalue weighted by Gasteiger charge is -2.15. The number of nitrogens with one attached hydrogen (secondary N) is 1. The van der Waals surface area contributed by atoms with Crippen molar-refractivity contribution in [1.29, 1.82) is 0 Å². The summed E-state index contributed by atoms with van der Waals surface area (Å²) in [6.45, 7) is 4.64. The SMILES string of the molecule is CN(CCOCC1CC1)Cc1csc(CNC2CC2)n1. The summed E-state index contributed by atoms with van der Waals surface area (Å²) in [5.41, 5.74) is 1.19. The molecule has 112 valence electrons. The normalized spacial score (nSPS) is 18.9. The van der Waals surface area contributed by atoms with Crippen LogP contribution in [0.4, 0.5) is 0 Å². The number of nitrogens with zero attached hydrogens (tertiary/aromatic N) is 2. The van der Waals surface area contributed by atoms with Gasteiger partial charge in [-0.3, -0.25) is 4.90 Å². The van der Waals surface area contributed by atoms with Gasteiger partial charge in [-0.15, -0.1) is 11.3 Å². The summed E-state index contributed by atoms with van der Waals surface area (Å²) in [4.78, 5) is 6.98. The summed E-state index contributed by atoms with van der Waals surface area (Å²) in [5, 5.41) is 6.91. The van der Waals surface area contributed by atoms with Crippen molar-refractivity contribution in [3.05, 3.63) is 16.1 Å². The molecule has 2 saturated carbocycles. The largest absolute Gasteiger partial charge is 0.380 e. The van der Waals surface area contributed by atoms with E-state index >= 15 is 0 Å². The monoisotopic (exact) mass is 295 g/mol. The lowest BCUT2D eigenvalue weighted by molar-refractivity contribution is 0.101. The van der Waals surface area contributed by atoms with Crippen LogP contribution in [0.1, 0.15) is 36.4 Å². The quantitative estimate of drug-likeness (QED) is 0.672. The number of hydrogen-bond acceptors (Lipinski definition) is 5. The smallest absolute Gasteiger partial charge is 0.107 e. The van der Waals surface area contributed by atoms with Crippen molar-refractivity contribution in [3.8, 4) is 0 Å². The van der Waals surface area contributed by atoms with Crippen molar-refractivity contribution in [2.24, 2.45) is 5.92 Å². The van der Waals surface area contributed by atoms with E-state index in [1.165, 1.54) is 36.4 Å². The molecule has 1 N–H and O–H groups in total.